The van der Waals surface area contributed by atoms with Gasteiger partial charge in [0.2, 0.25) is 0 Å². The first-order valence-corrected chi connectivity index (χ1v) is 5.24. The average Bonchev–Trinajstić information content (AvgIpc) is 2.34. The largest absolute Gasteiger partial charge is 0.468 e. The monoisotopic (exact) mass is 238 g/mol. The smallest absolute Gasteiger partial charge is 0.324 e. The van der Waals surface area contributed by atoms with E-state index in [1.165, 1.54) is 14.2 Å². The summed E-state index contributed by atoms with van der Waals surface area (Å²) in [5.41, 5.74) is -1.47. The van der Waals surface area contributed by atoms with E-state index in [1.54, 1.807) is 26.0 Å². The minimum Gasteiger partial charge on any atom is -0.468 e. The second-order valence-corrected chi connectivity index (χ2v) is 3.65. The fourth-order valence-corrected chi connectivity index (χ4v) is 1.74. The van der Waals surface area contributed by atoms with Crippen LogP contribution in [-0.4, -0.2) is 26.2 Å². The molecule has 94 valence electrons. The number of rotatable bonds is 5. The van der Waals surface area contributed by atoms with Gasteiger partial charge in [0, 0.05) is 12.3 Å². The Kier molecular flexibility index (Phi) is 6.05. The van der Waals surface area contributed by atoms with Crippen LogP contribution in [0.25, 0.3) is 0 Å². The van der Waals surface area contributed by atoms with Gasteiger partial charge in [0.05, 0.1) is 14.2 Å². The van der Waals surface area contributed by atoms with E-state index in [1.807, 2.05) is 0 Å². The Labute approximate surface area is 102 Å². The summed E-state index contributed by atoms with van der Waals surface area (Å²) in [4.78, 5) is 23.8. The van der Waals surface area contributed by atoms with E-state index in [4.69, 9.17) is 6.42 Å². The van der Waals surface area contributed by atoms with Gasteiger partial charge in [0.1, 0.15) is 0 Å². The molecule has 0 heterocycles. The third kappa shape index (κ3) is 2.88. The first kappa shape index (κ1) is 15.2. The molecule has 0 N–H and O–H groups in total. The number of methoxy groups -OCH3 is 2. The predicted octanol–water partition coefficient (Wildman–Crippen LogP) is 1.55. The number of carbonyl (C=O) groups is 2. The van der Waals surface area contributed by atoms with Crippen molar-refractivity contribution in [1.82, 2.24) is 0 Å². The molecular formula is C13H18O4. The fourth-order valence-electron chi connectivity index (χ4n) is 1.74. The number of hydrogen-bond acceptors (Lipinski definition) is 4. The van der Waals surface area contributed by atoms with E-state index in [0.29, 0.717) is 0 Å². The third-order valence-electron chi connectivity index (χ3n) is 2.74. The van der Waals surface area contributed by atoms with E-state index in [9.17, 15) is 9.59 Å². The second-order valence-electron chi connectivity index (χ2n) is 3.65. The summed E-state index contributed by atoms with van der Waals surface area (Å²) in [5, 5.41) is 0. The molecule has 1 atom stereocenters. The first-order valence-electron chi connectivity index (χ1n) is 5.24. The molecule has 0 radical (unpaired) electrons. The Morgan fingerprint density at radius 3 is 2.12 bits per heavy atom. The highest BCUT2D eigenvalue weighted by Crippen LogP contribution is 2.35. The highest BCUT2D eigenvalue weighted by molar-refractivity contribution is 6.01. The van der Waals surface area contributed by atoms with Crippen molar-refractivity contribution in [2.24, 2.45) is 11.3 Å². The Balaban J connectivity index is 5.64. The molecule has 0 bridgehead atoms. The summed E-state index contributed by atoms with van der Waals surface area (Å²) < 4.78 is 9.38. The molecule has 0 saturated heterocycles. The Bertz CT molecular complexity index is 333. The highest BCUT2D eigenvalue weighted by Gasteiger charge is 2.51. The number of terminal acetylenes is 1. The van der Waals surface area contributed by atoms with E-state index in [-0.39, 0.29) is 6.42 Å². The van der Waals surface area contributed by atoms with Gasteiger partial charge in [-0.15, -0.1) is 12.3 Å². The van der Waals surface area contributed by atoms with Crippen LogP contribution in [0.1, 0.15) is 20.3 Å². The molecule has 0 aliphatic heterocycles. The first-order chi connectivity index (χ1) is 8.00. The summed E-state index contributed by atoms with van der Waals surface area (Å²) >= 11 is 0. The van der Waals surface area contributed by atoms with E-state index >= 15 is 0 Å². The van der Waals surface area contributed by atoms with Crippen LogP contribution in [-0.2, 0) is 19.1 Å². The lowest BCUT2D eigenvalue weighted by atomic mass is 9.73. The van der Waals surface area contributed by atoms with Crippen molar-refractivity contribution in [2.75, 3.05) is 14.2 Å². The van der Waals surface area contributed by atoms with Crippen LogP contribution in [0.2, 0.25) is 0 Å². The maximum atomic E-state index is 11.9. The van der Waals surface area contributed by atoms with E-state index < -0.39 is 23.3 Å². The standard InChI is InChI=1S/C13H18O4/c1-6-8-10(3)13(9-7-2,11(14)16-4)12(15)17-5/h2,6,8,10H,9H2,1,3-5H3/b8-6+. The van der Waals surface area contributed by atoms with Crippen molar-refractivity contribution in [3.8, 4) is 12.3 Å². The van der Waals surface area contributed by atoms with Gasteiger partial charge in [-0.2, -0.15) is 0 Å². The lowest BCUT2D eigenvalue weighted by Crippen LogP contribution is -2.45. The van der Waals surface area contributed by atoms with Crippen LogP contribution in [0.15, 0.2) is 12.2 Å². The minimum atomic E-state index is -1.47. The molecule has 0 amide bonds. The quantitative estimate of drug-likeness (QED) is 0.315. The van der Waals surface area contributed by atoms with Crippen LogP contribution in [0.5, 0.6) is 0 Å². The summed E-state index contributed by atoms with van der Waals surface area (Å²) in [6.45, 7) is 3.52. The van der Waals surface area contributed by atoms with Crippen LogP contribution in [0.3, 0.4) is 0 Å². The molecule has 4 heteroatoms. The lowest BCUT2D eigenvalue weighted by Gasteiger charge is -2.30. The topological polar surface area (TPSA) is 52.6 Å². The highest BCUT2D eigenvalue weighted by atomic mass is 16.5. The van der Waals surface area contributed by atoms with Crippen LogP contribution >= 0.6 is 0 Å². The van der Waals surface area contributed by atoms with Crippen molar-refractivity contribution in [1.29, 1.82) is 0 Å². The van der Waals surface area contributed by atoms with Gasteiger partial charge in [-0.25, -0.2) is 0 Å². The number of esters is 2. The normalized spacial score (nSPS) is 12.9. The summed E-state index contributed by atoms with van der Waals surface area (Å²) in [7, 11) is 2.44. The molecule has 0 fully saturated rings. The fraction of sp³-hybridized carbons (Fsp3) is 0.538. The van der Waals surface area contributed by atoms with Crippen LogP contribution in [0, 0.1) is 23.7 Å². The molecule has 0 saturated carbocycles. The molecule has 0 aromatic carbocycles. The van der Waals surface area contributed by atoms with Gasteiger partial charge in [-0.3, -0.25) is 9.59 Å². The molecule has 0 aromatic heterocycles. The van der Waals surface area contributed by atoms with Crippen LogP contribution < -0.4 is 0 Å². The summed E-state index contributed by atoms with van der Waals surface area (Å²) in [5.74, 6) is 0.597. The molecule has 0 aromatic rings. The van der Waals surface area contributed by atoms with Gasteiger partial charge in [-0.1, -0.05) is 19.1 Å². The van der Waals surface area contributed by atoms with Gasteiger partial charge in [0.25, 0.3) is 0 Å². The van der Waals surface area contributed by atoms with Crippen molar-refractivity contribution in [3.63, 3.8) is 0 Å². The molecule has 1 unspecified atom stereocenters. The summed E-state index contributed by atoms with van der Waals surface area (Å²) in [6, 6.07) is 0. The van der Waals surface area contributed by atoms with Crippen molar-refractivity contribution in [2.45, 2.75) is 20.3 Å². The van der Waals surface area contributed by atoms with Crippen molar-refractivity contribution >= 4 is 11.9 Å². The third-order valence-corrected chi connectivity index (χ3v) is 2.74. The minimum absolute atomic E-state index is 0.0577. The Morgan fingerprint density at radius 2 is 1.82 bits per heavy atom. The number of hydrogen-bond donors (Lipinski definition) is 0. The molecule has 4 nitrogen and oxygen atoms in total. The van der Waals surface area contributed by atoms with Gasteiger partial charge < -0.3 is 9.47 Å². The van der Waals surface area contributed by atoms with Gasteiger partial charge in [0.15, 0.2) is 5.41 Å². The maximum Gasteiger partial charge on any atom is 0.324 e. The number of carbonyl (C=O) groups excluding carboxylic acids is 2. The van der Waals surface area contributed by atoms with Crippen LogP contribution in [0.4, 0.5) is 0 Å². The van der Waals surface area contributed by atoms with Gasteiger partial charge in [-0.05, 0) is 6.92 Å². The average molecular weight is 238 g/mol. The second kappa shape index (κ2) is 6.74. The molecule has 0 aliphatic rings. The lowest BCUT2D eigenvalue weighted by molar-refractivity contribution is -0.171. The zero-order valence-electron chi connectivity index (χ0n) is 10.6. The van der Waals surface area contributed by atoms with Crippen molar-refractivity contribution < 1.29 is 19.1 Å². The molecule has 17 heavy (non-hydrogen) atoms. The molecule has 0 rings (SSSR count). The number of ether oxygens (including phenoxy) is 2. The maximum absolute atomic E-state index is 11.9. The van der Waals surface area contributed by atoms with E-state index in [2.05, 4.69) is 15.4 Å². The molecule has 0 spiro atoms. The van der Waals surface area contributed by atoms with Gasteiger partial charge >= 0.3 is 11.9 Å². The Morgan fingerprint density at radius 1 is 1.35 bits per heavy atom. The van der Waals surface area contributed by atoms with Crippen molar-refractivity contribution in [3.05, 3.63) is 12.2 Å². The zero-order valence-corrected chi connectivity index (χ0v) is 10.6. The predicted molar refractivity (Wildman–Crippen MR) is 63.9 cm³/mol. The zero-order chi connectivity index (χ0) is 13.5. The molecule has 0 aliphatic carbocycles. The van der Waals surface area contributed by atoms with E-state index in [0.717, 1.165) is 0 Å². The SMILES string of the molecule is C#CCC(C(=O)OC)(C(=O)OC)C(C)/C=C/C. The number of allylic oxidation sites excluding steroid dienone is 2. The molecular weight excluding hydrogens is 220 g/mol. The summed E-state index contributed by atoms with van der Waals surface area (Å²) in [6.07, 6.45) is 8.67. The Hall–Kier alpha value is -1.76.